The number of aliphatic hydroxyl groups excluding tert-OH is 1. The van der Waals surface area contributed by atoms with Gasteiger partial charge in [-0.05, 0) is 30.0 Å². The summed E-state index contributed by atoms with van der Waals surface area (Å²) in [5.74, 6) is 0. The van der Waals surface area contributed by atoms with Crippen molar-refractivity contribution in [2.45, 2.75) is 25.0 Å². The van der Waals surface area contributed by atoms with Crippen molar-refractivity contribution >= 4 is 21.4 Å². The van der Waals surface area contributed by atoms with Gasteiger partial charge in [0.1, 0.15) is 4.90 Å². The average molecular weight is 298 g/mol. The van der Waals surface area contributed by atoms with Crippen LogP contribution < -0.4 is 4.72 Å². The minimum atomic E-state index is -3.63. The molecular formula is C12H14N2O3S2. The number of sulfonamides is 1. The fraction of sp³-hybridized carbons (Fsp3) is 0.250. The highest BCUT2D eigenvalue weighted by atomic mass is 32.2. The number of nitrogens with zero attached hydrogens (tertiary/aromatic N) is 1. The van der Waals surface area contributed by atoms with Gasteiger partial charge in [-0.1, -0.05) is 6.07 Å². The van der Waals surface area contributed by atoms with Crippen LogP contribution in [0.5, 0.6) is 0 Å². The first-order valence-electron chi connectivity index (χ1n) is 5.62. The zero-order valence-electron chi connectivity index (χ0n) is 10.3. The van der Waals surface area contributed by atoms with Crippen molar-refractivity contribution in [3.8, 4) is 0 Å². The van der Waals surface area contributed by atoms with Gasteiger partial charge in [-0.3, -0.25) is 4.98 Å². The van der Waals surface area contributed by atoms with Crippen LogP contribution >= 0.6 is 11.3 Å². The number of aryl methyl sites for hydroxylation is 1. The fourth-order valence-electron chi connectivity index (χ4n) is 1.70. The molecule has 2 rings (SSSR count). The third kappa shape index (κ3) is 3.19. The van der Waals surface area contributed by atoms with E-state index < -0.39 is 10.0 Å². The molecule has 0 aliphatic heterocycles. The third-order valence-electron chi connectivity index (χ3n) is 2.57. The van der Waals surface area contributed by atoms with Crippen LogP contribution in [0.25, 0.3) is 0 Å². The standard InChI is InChI=1S/C12H14N2O3S2/c1-9-8-18-11(7-15)12(9)19(16,17)14-6-10-4-2-3-5-13-10/h2-5,8,14-15H,6-7H2,1H3. The molecule has 0 bridgehead atoms. The van der Waals surface area contributed by atoms with Crippen molar-refractivity contribution in [3.05, 3.63) is 45.9 Å². The number of nitrogens with one attached hydrogen (secondary N) is 1. The molecule has 0 radical (unpaired) electrons. The lowest BCUT2D eigenvalue weighted by atomic mass is 10.3. The molecule has 0 atom stereocenters. The number of aliphatic hydroxyl groups is 1. The van der Waals surface area contributed by atoms with Gasteiger partial charge in [-0.25, -0.2) is 13.1 Å². The molecule has 0 aliphatic rings. The maximum Gasteiger partial charge on any atom is 0.242 e. The van der Waals surface area contributed by atoms with Crippen LogP contribution in [-0.2, 0) is 23.2 Å². The van der Waals surface area contributed by atoms with E-state index in [-0.39, 0.29) is 18.0 Å². The first-order valence-corrected chi connectivity index (χ1v) is 7.98. The van der Waals surface area contributed by atoms with E-state index in [1.807, 2.05) is 0 Å². The highest BCUT2D eigenvalue weighted by Crippen LogP contribution is 2.26. The molecule has 0 amide bonds. The number of hydrogen-bond donors (Lipinski definition) is 2. The maximum absolute atomic E-state index is 12.2. The van der Waals surface area contributed by atoms with Gasteiger partial charge in [0.05, 0.1) is 23.7 Å². The van der Waals surface area contributed by atoms with Crippen molar-refractivity contribution in [3.63, 3.8) is 0 Å². The molecule has 0 unspecified atom stereocenters. The number of rotatable bonds is 5. The Hall–Kier alpha value is -1.28. The van der Waals surface area contributed by atoms with E-state index in [1.54, 1.807) is 36.7 Å². The van der Waals surface area contributed by atoms with Crippen molar-refractivity contribution < 1.29 is 13.5 Å². The number of pyridine rings is 1. The van der Waals surface area contributed by atoms with Gasteiger partial charge in [0.2, 0.25) is 10.0 Å². The van der Waals surface area contributed by atoms with Gasteiger partial charge >= 0.3 is 0 Å². The highest BCUT2D eigenvalue weighted by Gasteiger charge is 2.22. The predicted molar refractivity (Wildman–Crippen MR) is 73.2 cm³/mol. The van der Waals surface area contributed by atoms with Crippen LogP contribution in [0.15, 0.2) is 34.7 Å². The summed E-state index contributed by atoms with van der Waals surface area (Å²) >= 11 is 1.24. The topological polar surface area (TPSA) is 79.3 Å². The Kier molecular flexibility index (Phi) is 4.31. The van der Waals surface area contributed by atoms with E-state index in [4.69, 9.17) is 0 Å². The van der Waals surface area contributed by atoms with E-state index >= 15 is 0 Å². The molecule has 0 saturated heterocycles. The van der Waals surface area contributed by atoms with Gasteiger partial charge in [0, 0.05) is 6.20 Å². The second-order valence-corrected chi connectivity index (χ2v) is 6.64. The van der Waals surface area contributed by atoms with Crippen molar-refractivity contribution in [1.82, 2.24) is 9.71 Å². The first kappa shape index (κ1) is 14.1. The zero-order chi connectivity index (χ0) is 13.9. The minimum Gasteiger partial charge on any atom is -0.391 e. The van der Waals surface area contributed by atoms with E-state index in [1.165, 1.54) is 11.3 Å². The number of hydrogen-bond acceptors (Lipinski definition) is 5. The summed E-state index contributed by atoms with van der Waals surface area (Å²) in [6, 6.07) is 5.31. The fourth-order valence-corrected chi connectivity index (χ4v) is 4.36. The Morgan fingerprint density at radius 3 is 2.84 bits per heavy atom. The van der Waals surface area contributed by atoms with Crippen LogP contribution in [0.2, 0.25) is 0 Å². The molecule has 19 heavy (non-hydrogen) atoms. The summed E-state index contributed by atoms with van der Waals surface area (Å²) in [7, 11) is -3.63. The molecule has 2 aromatic heterocycles. The molecule has 5 nitrogen and oxygen atoms in total. The van der Waals surface area contributed by atoms with Crippen LogP contribution in [-0.4, -0.2) is 18.5 Å². The molecule has 0 saturated carbocycles. The second kappa shape index (κ2) is 5.79. The first-order chi connectivity index (χ1) is 9.04. The maximum atomic E-state index is 12.2. The average Bonchev–Trinajstić information content (AvgIpc) is 2.80. The van der Waals surface area contributed by atoms with Crippen LogP contribution in [0, 0.1) is 6.92 Å². The van der Waals surface area contributed by atoms with Gasteiger partial charge in [-0.2, -0.15) is 0 Å². The summed E-state index contributed by atoms with van der Waals surface area (Å²) in [5.41, 5.74) is 1.28. The Morgan fingerprint density at radius 1 is 1.42 bits per heavy atom. The van der Waals surface area contributed by atoms with E-state index in [0.29, 0.717) is 16.1 Å². The van der Waals surface area contributed by atoms with Gasteiger partial charge in [-0.15, -0.1) is 11.3 Å². The molecule has 2 heterocycles. The lowest BCUT2D eigenvalue weighted by Gasteiger charge is -2.07. The SMILES string of the molecule is Cc1csc(CO)c1S(=O)(=O)NCc1ccccn1. The number of thiophene rings is 1. The Balaban J connectivity index is 2.21. The van der Waals surface area contributed by atoms with Crippen LogP contribution in [0.3, 0.4) is 0 Å². The third-order valence-corrected chi connectivity index (χ3v) is 5.42. The normalized spacial score (nSPS) is 11.7. The summed E-state index contributed by atoms with van der Waals surface area (Å²) in [6.07, 6.45) is 1.61. The summed E-state index contributed by atoms with van der Waals surface area (Å²) in [4.78, 5) is 4.68. The van der Waals surface area contributed by atoms with Gasteiger partial charge in [0.25, 0.3) is 0 Å². The monoisotopic (exact) mass is 298 g/mol. The van der Waals surface area contributed by atoms with E-state index in [0.717, 1.165) is 0 Å². The molecule has 102 valence electrons. The van der Waals surface area contributed by atoms with E-state index in [2.05, 4.69) is 9.71 Å². The van der Waals surface area contributed by atoms with Gasteiger partial charge in [0.15, 0.2) is 0 Å². The van der Waals surface area contributed by atoms with Crippen molar-refractivity contribution in [2.75, 3.05) is 0 Å². The minimum absolute atomic E-state index is 0.128. The second-order valence-electron chi connectivity index (χ2n) is 3.97. The predicted octanol–water partition coefficient (Wildman–Crippen LogP) is 1.42. The van der Waals surface area contributed by atoms with Crippen LogP contribution in [0.4, 0.5) is 0 Å². The lowest BCUT2D eigenvalue weighted by Crippen LogP contribution is -2.24. The quantitative estimate of drug-likeness (QED) is 0.875. The molecular weight excluding hydrogens is 284 g/mol. The van der Waals surface area contributed by atoms with Gasteiger partial charge < -0.3 is 5.11 Å². The van der Waals surface area contributed by atoms with Crippen molar-refractivity contribution in [1.29, 1.82) is 0 Å². The van der Waals surface area contributed by atoms with Crippen molar-refractivity contribution in [2.24, 2.45) is 0 Å². The smallest absolute Gasteiger partial charge is 0.242 e. The zero-order valence-corrected chi connectivity index (χ0v) is 12.0. The Morgan fingerprint density at radius 2 is 2.21 bits per heavy atom. The summed E-state index contributed by atoms with van der Waals surface area (Å²) in [5, 5.41) is 10.9. The number of aromatic nitrogens is 1. The summed E-state index contributed by atoms with van der Waals surface area (Å²) in [6.45, 7) is 1.56. The lowest BCUT2D eigenvalue weighted by molar-refractivity contribution is 0.282. The highest BCUT2D eigenvalue weighted by molar-refractivity contribution is 7.89. The Labute approximate surface area is 116 Å². The Bertz CT molecular complexity index is 651. The van der Waals surface area contributed by atoms with E-state index in [9.17, 15) is 13.5 Å². The largest absolute Gasteiger partial charge is 0.391 e. The molecule has 0 spiro atoms. The molecule has 7 heteroatoms. The molecule has 2 aromatic rings. The summed E-state index contributed by atoms with van der Waals surface area (Å²) < 4.78 is 26.9. The molecule has 2 N–H and O–H groups in total. The molecule has 0 aromatic carbocycles. The molecule has 0 aliphatic carbocycles. The van der Waals surface area contributed by atoms with Crippen LogP contribution in [0.1, 0.15) is 16.1 Å². The molecule has 0 fully saturated rings.